The molecular weight excluding hydrogens is 399 g/mol. The first kappa shape index (κ1) is 18.5. The Morgan fingerprint density at radius 1 is 1.23 bits per heavy atom. The number of nitrogens with one attached hydrogen (secondary N) is 1. The summed E-state index contributed by atoms with van der Waals surface area (Å²) in [5.74, 6) is -0.409. The number of nitro benzene ring substituents is 1. The molecule has 7 nitrogen and oxygen atoms in total. The quantitative estimate of drug-likeness (QED) is 0.371. The summed E-state index contributed by atoms with van der Waals surface area (Å²) in [6.07, 6.45) is 1.23. The number of carbonyl (C=O) groups excluding carboxylic acids is 1. The lowest BCUT2D eigenvalue weighted by Gasteiger charge is -2.08. The number of hydrogen-bond donors (Lipinski definition) is 1. The molecule has 1 N–H and O–H groups in total. The van der Waals surface area contributed by atoms with E-state index in [2.05, 4.69) is 14.1 Å². The maximum atomic E-state index is 12.3. The molecule has 26 heavy (non-hydrogen) atoms. The van der Waals surface area contributed by atoms with Crippen LogP contribution in [0.15, 0.2) is 30.3 Å². The first-order chi connectivity index (χ1) is 12.5. The average Bonchev–Trinajstić information content (AvgIpc) is 3.08. The lowest BCUT2D eigenvalue weighted by Crippen LogP contribution is -2.25. The zero-order chi connectivity index (χ0) is 18.7. The molecule has 1 heterocycles. The standard InChI is InChI=1S/C16H12Cl2N4O3S/c17-11-4-1-5-12(18)10(11)3-2-6-19-16(23)9-7-13-15(21-26-20-13)14(8-9)22(24)25/h1,4-5,7-8H,2-3,6H2,(H,19,23). The molecule has 1 aromatic heterocycles. The van der Waals surface area contributed by atoms with Crippen molar-refractivity contribution in [3.8, 4) is 0 Å². The molecule has 134 valence electrons. The van der Waals surface area contributed by atoms with Gasteiger partial charge in [-0.2, -0.15) is 8.75 Å². The normalized spacial score (nSPS) is 10.8. The maximum Gasteiger partial charge on any atom is 0.299 e. The van der Waals surface area contributed by atoms with Crippen molar-refractivity contribution in [2.24, 2.45) is 0 Å². The van der Waals surface area contributed by atoms with E-state index in [0.29, 0.717) is 34.9 Å². The summed E-state index contributed by atoms with van der Waals surface area (Å²) in [7, 11) is 0. The van der Waals surface area contributed by atoms with Crippen LogP contribution in [-0.2, 0) is 6.42 Å². The predicted octanol–water partition coefficient (Wildman–Crippen LogP) is 4.27. The van der Waals surface area contributed by atoms with Gasteiger partial charge in [0.2, 0.25) is 0 Å². The smallest absolute Gasteiger partial charge is 0.299 e. The summed E-state index contributed by atoms with van der Waals surface area (Å²) in [4.78, 5) is 22.9. The number of nitrogens with zero attached hydrogens (tertiary/aromatic N) is 3. The number of hydrogen-bond acceptors (Lipinski definition) is 6. The van der Waals surface area contributed by atoms with Crippen LogP contribution >= 0.6 is 34.9 Å². The highest BCUT2D eigenvalue weighted by Crippen LogP contribution is 2.26. The van der Waals surface area contributed by atoms with Gasteiger partial charge in [0.05, 0.1) is 16.7 Å². The van der Waals surface area contributed by atoms with Crippen molar-refractivity contribution < 1.29 is 9.72 Å². The fourth-order valence-corrected chi connectivity index (χ4v) is 3.61. The van der Waals surface area contributed by atoms with Crippen LogP contribution in [0.5, 0.6) is 0 Å². The number of carbonyl (C=O) groups is 1. The van der Waals surface area contributed by atoms with Crippen molar-refractivity contribution >= 4 is 57.6 Å². The minimum absolute atomic E-state index is 0.174. The van der Waals surface area contributed by atoms with Gasteiger partial charge in [0, 0.05) is 28.2 Å². The van der Waals surface area contributed by atoms with E-state index < -0.39 is 10.8 Å². The third kappa shape index (κ3) is 3.92. The molecule has 0 fully saturated rings. The molecule has 0 spiro atoms. The molecule has 3 aromatic rings. The Balaban J connectivity index is 1.65. The Labute approximate surface area is 162 Å². The van der Waals surface area contributed by atoms with Crippen molar-refractivity contribution in [2.75, 3.05) is 6.54 Å². The van der Waals surface area contributed by atoms with Gasteiger partial charge in [0.15, 0.2) is 5.52 Å². The molecule has 0 aliphatic carbocycles. The molecule has 0 atom stereocenters. The first-order valence-electron chi connectivity index (χ1n) is 7.59. The molecule has 0 saturated carbocycles. The van der Waals surface area contributed by atoms with Gasteiger partial charge < -0.3 is 5.32 Å². The second kappa shape index (κ2) is 7.94. The number of halogens is 2. The molecule has 0 saturated heterocycles. The van der Waals surface area contributed by atoms with Gasteiger partial charge in [-0.15, -0.1) is 0 Å². The maximum absolute atomic E-state index is 12.3. The minimum Gasteiger partial charge on any atom is -0.352 e. The summed E-state index contributed by atoms with van der Waals surface area (Å²) in [6, 6.07) is 8.00. The zero-order valence-corrected chi connectivity index (χ0v) is 15.6. The Morgan fingerprint density at radius 2 is 1.96 bits per heavy atom. The first-order valence-corrected chi connectivity index (χ1v) is 9.08. The molecule has 3 rings (SSSR count). The second-order valence-electron chi connectivity index (χ2n) is 5.44. The Hall–Kier alpha value is -2.29. The van der Waals surface area contributed by atoms with Crippen molar-refractivity contribution in [3.05, 3.63) is 61.6 Å². The van der Waals surface area contributed by atoms with Crippen molar-refractivity contribution in [1.29, 1.82) is 0 Å². The van der Waals surface area contributed by atoms with Crippen molar-refractivity contribution in [2.45, 2.75) is 12.8 Å². The van der Waals surface area contributed by atoms with Crippen LogP contribution in [0.2, 0.25) is 10.0 Å². The number of aromatic nitrogens is 2. The Bertz CT molecular complexity index is 973. The SMILES string of the molecule is O=C(NCCCc1c(Cl)cccc1Cl)c1cc([N+](=O)[O-])c2nsnc2c1. The topological polar surface area (TPSA) is 98.0 Å². The van der Waals surface area contributed by atoms with E-state index in [1.807, 2.05) is 0 Å². The van der Waals surface area contributed by atoms with Crippen LogP contribution in [-0.4, -0.2) is 26.1 Å². The third-order valence-electron chi connectivity index (χ3n) is 3.75. The lowest BCUT2D eigenvalue weighted by atomic mass is 10.1. The Kier molecular flexibility index (Phi) is 5.65. The highest BCUT2D eigenvalue weighted by Gasteiger charge is 2.20. The zero-order valence-electron chi connectivity index (χ0n) is 13.2. The van der Waals surface area contributed by atoms with Gasteiger partial charge >= 0.3 is 0 Å². The van der Waals surface area contributed by atoms with Gasteiger partial charge in [-0.1, -0.05) is 29.3 Å². The number of nitro groups is 1. The number of amides is 1. The van der Waals surface area contributed by atoms with Crippen LogP contribution in [0, 0.1) is 10.1 Å². The van der Waals surface area contributed by atoms with Gasteiger partial charge in [-0.3, -0.25) is 14.9 Å². The van der Waals surface area contributed by atoms with Crippen LogP contribution in [0.1, 0.15) is 22.3 Å². The number of benzene rings is 2. The second-order valence-corrected chi connectivity index (χ2v) is 6.79. The fourth-order valence-electron chi connectivity index (χ4n) is 2.48. The predicted molar refractivity (Wildman–Crippen MR) is 101 cm³/mol. The summed E-state index contributed by atoms with van der Waals surface area (Å²) in [5.41, 5.74) is 1.29. The van der Waals surface area contributed by atoms with E-state index in [9.17, 15) is 14.9 Å². The van der Waals surface area contributed by atoms with Crippen LogP contribution in [0.3, 0.4) is 0 Å². The van der Waals surface area contributed by atoms with Gasteiger partial charge in [0.1, 0.15) is 5.52 Å². The van der Waals surface area contributed by atoms with Gasteiger partial charge in [-0.05, 0) is 36.6 Å². The number of rotatable bonds is 6. The lowest BCUT2D eigenvalue weighted by molar-refractivity contribution is -0.383. The van der Waals surface area contributed by atoms with E-state index in [1.54, 1.807) is 18.2 Å². The summed E-state index contributed by atoms with van der Waals surface area (Å²) in [6.45, 7) is 0.377. The molecule has 0 aliphatic heterocycles. The Morgan fingerprint density at radius 3 is 2.65 bits per heavy atom. The molecule has 0 aliphatic rings. The van der Waals surface area contributed by atoms with E-state index in [0.717, 1.165) is 17.3 Å². The highest BCUT2D eigenvalue weighted by molar-refractivity contribution is 7.00. The largest absolute Gasteiger partial charge is 0.352 e. The molecule has 1 amide bonds. The van der Waals surface area contributed by atoms with Crippen molar-refractivity contribution in [1.82, 2.24) is 14.1 Å². The van der Waals surface area contributed by atoms with Crippen LogP contribution in [0.4, 0.5) is 5.69 Å². The highest BCUT2D eigenvalue weighted by atomic mass is 35.5. The summed E-state index contributed by atoms with van der Waals surface area (Å²) < 4.78 is 7.88. The molecule has 10 heteroatoms. The third-order valence-corrected chi connectivity index (χ3v) is 5.00. The van der Waals surface area contributed by atoms with Gasteiger partial charge in [-0.25, -0.2) is 0 Å². The van der Waals surface area contributed by atoms with Crippen molar-refractivity contribution in [3.63, 3.8) is 0 Å². The van der Waals surface area contributed by atoms with Crippen LogP contribution in [0.25, 0.3) is 11.0 Å². The fraction of sp³-hybridized carbons (Fsp3) is 0.188. The number of fused-ring (bicyclic) bond motifs is 1. The minimum atomic E-state index is -0.570. The van der Waals surface area contributed by atoms with Crippen LogP contribution < -0.4 is 5.32 Å². The summed E-state index contributed by atoms with van der Waals surface area (Å²) in [5, 5.41) is 15.1. The molecule has 0 unspecified atom stereocenters. The molecular formula is C16H12Cl2N4O3S. The van der Waals surface area contributed by atoms with E-state index >= 15 is 0 Å². The van der Waals surface area contributed by atoms with E-state index in [-0.39, 0.29) is 16.8 Å². The van der Waals surface area contributed by atoms with E-state index in [4.69, 9.17) is 23.2 Å². The number of non-ortho nitro benzene ring substituents is 1. The summed E-state index contributed by atoms with van der Waals surface area (Å²) >= 11 is 13.1. The molecule has 0 bridgehead atoms. The monoisotopic (exact) mass is 410 g/mol. The van der Waals surface area contributed by atoms with E-state index in [1.165, 1.54) is 12.1 Å². The van der Waals surface area contributed by atoms with Gasteiger partial charge in [0.25, 0.3) is 11.6 Å². The average molecular weight is 411 g/mol. The molecule has 2 aromatic carbocycles. The molecule has 0 radical (unpaired) electrons.